The molecule has 0 radical (unpaired) electrons. The van der Waals surface area contributed by atoms with Gasteiger partial charge in [0.05, 0.1) is 11.9 Å². The fraction of sp³-hybridized carbons (Fsp3) is 0.375. The summed E-state index contributed by atoms with van der Waals surface area (Å²) in [6.45, 7) is 3.34. The maximum absolute atomic E-state index is 11.0. The molecule has 4 nitrogen and oxygen atoms in total. The molecule has 5 heteroatoms. The smallest absolute Gasteiger partial charge is 0.308 e. The van der Waals surface area contributed by atoms with Crippen molar-refractivity contribution in [1.29, 1.82) is 0 Å². The minimum absolute atomic E-state index is 0.0408. The van der Waals surface area contributed by atoms with Crippen LogP contribution in [0.5, 0.6) is 5.75 Å². The third-order valence-corrected chi connectivity index (χ3v) is 2.61. The molecule has 13 heavy (non-hydrogen) atoms. The van der Waals surface area contributed by atoms with Crippen LogP contribution in [-0.4, -0.2) is 19.2 Å². The highest BCUT2D eigenvalue weighted by Crippen LogP contribution is 2.11. The van der Waals surface area contributed by atoms with E-state index in [1.165, 1.54) is 13.1 Å². The van der Waals surface area contributed by atoms with Gasteiger partial charge >= 0.3 is 10.1 Å². The summed E-state index contributed by atoms with van der Waals surface area (Å²) in [5.41, 5.74) is 0.821. The summed E-state index contributed by atoms with van der Waals surface area (Å²) >= 11 is 0. The van der Waals surface area contributed by atoms with Gasteiger partial charge in [0.15, 0.2) is 5.75 Å². The zero-order chi connectivity index (χ0) is 9.90. The number of pyridine rings is 1. The maximum atomic E-state index is 11.0. The van der Waals surface area contributed by atoms with Crippen LogP contribution in [0.25, 0.3) is 0 Å². The number of nitrogens with zero attached hydrogens (tertiary/aromatic N) is 1. The summed E-state index contributed by atoms with van der Waals surface area (Å²) in [4.78, 5) is 3.91. The predicted octanol–water partition coefficient (Wildman–Crippen LogP) is 1.12. The SMILES string of the molecule is CCS(=O)(=O)Oc1ccc(C)nc1. The Bertz CT molecular complexity index is 369. The zero-order valence-electron chi connectivity index (χ0n) is 7.52. The van der Waals surface area contributed by atoms with Gasteiger partial charge in [-0.3, -0.25) is 4.98 Å². The number of aryl methyl sites for hydroxylation is 1. The van der Waals surface area contributed by atoms with E-state index in [2.05, 4.69) is 4.98 Å². The van der Waals surface area contributed by atoms with E-state index in [1.807, 2.05) is 6.92 Å². The molecule has 0 aliphatic carbocycles. The Hall–Kier alpha value is -1.10. The van der Waals surface area contributed by atoms with Crippen LogP contribution in [0.15, 0.2) is 18.3 Å². The predicted molar refractivity (Wildman–Crippen MR) is 49.1 cm³/mol. The molecule has 0 saturated heterocycles. The van der Waals surface area contributed by atoms with Crippen LogP contribution in [0, 0.1) is 6.92 Å². The van der Waals surface area contributed by atoms with Crippen molar-refractivity contribution in [2.24, 2.45) is 0 Å². The van der Waals surface area contributed by atoms with E-state index in [-0.39, 0.29) is 11.5 Å². The highest BCUT2D eigenvalue weighted by molar-refractivity contribution is 7.87. The number of aromatic nitrogens is 1. The third-order valence-electron chi connectivity index (χ3n) is 1.46. The minimum Gasteiger partial charge on any atom is -0.381 e. The largest absolute Gasteiger partial charge is 0.381 e. The molecule has 0 N–H and O–H groups in total. The average molecular weight is 201 g/mol. The Morgan fingerprint density at radius 3 is 2.62 bits per heavy atom. The Kier molecular flexibility index (Phi) is 2.87. The topological polar surface area (TPSA) is 56.3 Å². The first-order chi connectivity index (χ1) is 6.03. The van der Waals surface area contributed by atoms with Crippen LogP contribution in [0.3, 0.4) is 0 Å². The van der Waals surface area contributed by atoms with Crippen LogP contribution in [0.4, 0.5) is 0 Å². The highest BCUT2D eigenvalue weighted by Gasteiger charge is 2.08. The van der Waals surface area contributed by atoms with Crippen LogP contribution < -0.4 is 4.18 Å². The van der Waals surface area contributed by atoms with E-state index in [9.17, 15) is 8.42 Å². The van der Waals surface area contributed by atoms with Gasteiger partial charge in [-0.15, -0.1) is 0 Å². The molecule has 0 spiro atoms. The van der Waals surface area contributed by atoms with Gasteiger partial charge in [-0.2, -0.15) is 8.42 Å². The van der Waals surface area contributed by atoms with Crippen molar-refractivity contribution in [3.05, 3.63) is 24.0 Å². The van der Waals surface area contributed by atoms with Gasteiger partial charge in [0.25, 0.3) is 0 Å². The van der Waals surface area contributed by atoms with Crippen LogP contribution in [0.2, 0.25) is 0 Å². The highest BCUT2D eigenvalue weighted by atomic mass is 32.2. The molecule has 0 unspecified atom stereocenters. The van der Waals surface area contributed by atoms with Crippen LogP contribution in [-0.2, 0) is 10.1 Å². The summed E-state index contributed by atoms with van der Waals surface area (Å²) in [6, 6.07) is 3.27. The van der Waals surface area contributed by atoms with Gasteiger partial charge < -0.3 is 4.18 Å². The van der Waals surface area contributed by atoms with Crippen molar-refractivity contribution in [1.82, 2.24) is 4.98 Å². The fourth-order valence-electron chi connectivity index (χ4n) is 0.709. The lowest BCUT2D eigenvalue weighted by molar-refractivity contribution is 0.486. The van der Waals surface area contributed by atoms with Crippen LogP contribution >= 0.6 is 0 Å². The van der Waals surface area contributed by atoms with Gasteiger partial charge in [0.2, 0.25) is 0 Å². The molecule has 0 aliphatic rings. The zero-order valence-corrected chi connectivity index (χ0v) is 8.34. The van der Waals surface area contributed by atoms with Crippen molar-refractivity contribution in [2.45, 2.75) is 13.8 Å². The van der Waals surface area contributed by atoms with Crippen molar-refractivity contribution in [3.8, 4) is 5.75 Å². The molecule has 0 amide bonds. The minimum atomic E-state index is -3.43. The molecule has 1 aromatic rings. The normalized spacial score (nSPS) is 11.2. The van der Waals surface area contributed by atoms with Gasteiger partial charge in [0.1, 0.15) is 0 Å². The summed E-state index contributed by atoms with van der Waals surface area (Å²) in [7, 11) is -3.43. The Balaban J connectivity index is 2.82. The van der Waals surface area contributed by atoms with Crippen LogP contribution in [0.1, 0.15) is 12.6 Å². The standard InChI is InChI=1S/C8H11NO3S/c1-3-13(10,11)12-8-5-4-7(2)9-6-8/h4-6H,3H2,1-2H3. The van der Waals surface area contributed by atoms with E-state index in [0.29, 0.717) is 0 Å². The lowest BCUT2D eigenvalue weighted by Gasteiger charge is -2.03. The Morgan fingerprint density at radius 1 is 1.46 bits per heavy atom. The first-order valence-corrected chi connectivity index (χ1v) is 5.46. The second kappa shape index (κ2) is 3.74. The fourth-order valence-corrected chi connectivity index (χ4v) is 1.22. The van der Waals surface area contributed by atoms with Crippen molar-refractivity contribution in [3.63, 3.8) is 0 Å². The monoisotopic (exact) mass is 201 g/mol. The molecule has 72 valence electrons. The van der Waals surface area contributed by atoms with Crippen molar-refractivity contribution < 1.29 is 12.6 Å². The first kappa shape index (κ1) is 9.98. The lowest BCUT2D eigenvalue weighted by atomic mass is 10.4. The van der Waals surface area contributed by atoms with Gasteiger partial charge in [-0.1, -0.05) is 0 Å². The molecule has 1 heterocycles. The van der Waals surface area contributed by atoms with Crippen molar-refractivity contribution in [2.75, 3.05) is 5.75 Å². The maximum Gasteiger partial charge on any atom is 0.308 e. The third kappa shape index (κ3) is 3.02. The van der Waals surface area contributed by atoms with E-state index < -0.39 is 10.1 Å². The second-order valence-corrected chi connectivity index (χ2v) is 4.42. The van der Waals surface area contributed by atoms with E-state index in [4.69, 9.17) is 4.18 Å². The molecular weight excluding hydrogens is 190 g/mol. The number of hydrogen-bond donors (Lipinski definition) is 0. The molecule has 0 aliphatic heterocycles. The van der Waals surface area contributed by atoms with Crippen molar-refractivity contribution >= 4 is 10.1 Å². The number of rotatable bonds is 3. The molecule has 0 fully saturated rings. The van der Waals surface area contributed by atoms with E-state index in [0.717, 1.165) is 5.69 Å². The molecule has 0 atom stereocenters. The van der Waals surface area contributed by atoms with Gasteiger partial charge in [-0.05, 0) is 26.0 Å². The average Bonchev–Trinajstić information content (AvgIpc) is 2.09. The molecule has 1 rings (SSSR count). The molecular formula is C8H11NO3S. The first-order valence-electron chi connectivity index (χ1n) is 3.88. The Labute approximate surface area is 77.7 Å². The molecule has 0 saturated carbocycles. The van der Waals surface area contributed by atoms with Gasteiger partial charge in [-0.25, -0.2) is 0 Å². The summed E-state index contributed by atoms with van der Waals surface area (Å²) in [6.07, 6.45) is 1.39. The quantitative estimate of drug-likeness (QED) is 0.687. The second-order valence-electron chi connectivity index (χ2n) is 2.56. The lowest BCUT2D eigenvalue weighted by Crippen LogP contribution is -2.11. The molecule has 0 bridgehead atoms. The summed E-state index contributed by atoms with van der Waals surface area (Å²) < 4.78 is 26.7. The Morgan fingerprint density at radius 2 is 2.15 bits per heavy atom. The summed E-state index contributed by atoms with van der Waals surface area (Å²) in [5.74, 6) is 0.216. The van der Waals surface area contributed by atoms with Gasteiger partial charge in [0, 0.05) is 5.69 Å². The number of hydrogen-bond acceptors (Lipinski definition) is 4. The summed E-state index contributed by atoms with van der Waals surface area (Å²) in [5, 5.41) is 0. The van der Waals surface area contributed by atoms with E-state index >= 15 is 0 Å². The molecule has 1 aromatic heterocycles. The van der Waals surface area contributed by atoms with E-state index in [1.54, 1.807) is 12.1 Å². The molecule has 0 aromatic carbocycles.